The highest BCUT2D eigenvalue weighted by molar-refractivity contribution is 7.10. The molecule has 1 aliphatic rings. The number of hydrogen-bond acceptors (Lipinski definition) is 4. The summed E-state index contributed by atoms with van der Waals surface area (Å²) in [5.41, 5.74) is 1.70. The third-order valence-electron chi connectivity index (χ3n) is 4.40. The van der Waals surface area contributed by atoms with E-state index in [2.05, 4.69) is 17.3 Å². The monoisotopic (exact) mass is 357 g/mol. The third-order valence-corrected chi connectivity index (χ3v) is 5.27. The Labute approximate surface area is 152 Å². The summed E-state index contributed by atoms with van der Waals surface area (Å²) in [5.74, 6) is 0.0985. The highest BCUT2D eigenvalue weighted by Gasteiger charge is 2.20. The Kier molecular flexibility index (Phi) is 5.83. The molecule has 132 valence electrons. The van der Waals surface area contributed by atoms with E-state index >= 15 is 0 Å². The van der Waals surface area contributed by atoms with E-state index in [1.807, 2.05) is 46.7 Å². The van der Waals surface area contributed by atoms with E-state index < -0.39 is 0 Å². The van der Waals surface area contributed by atoms with Crippen molar-refractivity contribution in [2.75, 3.05) is 33.2 Å². The van der Waals surface area contributed by atoms with Crippen molar-refractivity contribution >= 4 is 23.2 Å². The van der Waals surface area contributed by atoms with E-state index in [9.17, 15) is 9.59 Å². The van der Waals surface area contributed by atoms with Gasteiger partial charge in [-0.05, 0) is 36.2 Å². The zero-order valence-corrected chi connectivity index (χ0v) is 15.2. The first-order chi connectivity index (χ1) is 12.1. The van der Waals surface area contributed by atoms with Crippen molar-refractivity contribution in [3.63, 3.8) is 0 Å². The number of benzene rings is 1. The van der Waals surface area contributed by atoms with Crippen LogP contribution in [0.3, 0.4) is 0 Å². The smallest absolute Gasteiger partial charge is 0.253 e. The molecule has 2 aromatic rings. The van der Waals surface area contributed by atoms with Crippen LogP contribution < -0.4 is 5.32 Å². The Balaban J connectivity index is 1.50. The predicted molar refractivity (Wildman–Crippen MR) is 99.7 cm³/mol. The Morgan fingerprint density at radius 2 is 1.80 bits per heavy atom. The van der Waals surface area contributed by atoms with Crippen LogP contribution in [0.5, 0.6) is 0 Å². The van der Waals surface area contributed by atoms with Crippen LogP contribution in [0.25, 0.3) is 0 Å². The van der Waals surface area contributed by atoms with Gasteiger partial charge >= 0.3 is 0 Å². The summed E-state index contributed by atoms with van der Waals surface area (Å²) < 4.78 is 0. The molecule has 0 aliphatic carbocycles. The maximum absolute atomic E-state index is 12.5. The minimum atomic E-state index is 0.0139. The van der Waals surface area contributed by atoms with Gasteiger partial charge in [-0.1, -0.05) is 18.2 Å². The van der Waals surface area contributed by atoms with Crippen LogP contribution >= 0.6 is 11.3 Å². The van der Waals surface area contributed by atoms with E-state index in [0.29, 0.717) is 18.5 Å². The highest BCUT2D eigenvalue weighted by Crippen LogP contribution is 2.11. The van der Waals surface area contributed by atoms with Crippen molar-refractivity contribution in [1.82, 2.24) is 15.1 Å². The number of amides is 2. The zero-order valence-electron chi connectivity index (χ0n) is 14.4. The molecule has 1 N–H and O–H groups in total. The average Bonchev–Trinajstić information content (AvgIpc) is 3.13. The molecule has 5 nitrogen and oxygen atoms in total. The minimum absolute atomic E-state index is 0.0139. The number of piperazine rings is 1. The summed E-state index contributed by atoms with van der Waals surface area (Å²) in [5, 5.41) is 4.89. The molecular weight excluding hydrogens is 334 g/mol. The number of nitrogens with one attached hydrogen (secondary N) is 1. The Bertz CT molecular complexity index is 705. The molecule has 6 heteroatoms. The number of thiophene rings is 1. The fourth-order valence-electron chi connectivity index (χ4n) is 2.79. The van der Waals surface area contributed by atoms with Crippen molar-refractivity contribution in [1.29, 1.82) is 0 Å². The van der Waals surface area contributed by atoms with Crippen molar-refractivity contribution in [2.24, 2.45) is 0 Å². The lowest BCUT2D eigenvalue weighted by Crippen LogP contribution is -2.47. The summed E-state index contributed by atoms with van der Waals surface area (Å²) >= 11 is 1.59. The highest BCUT2D eigenvalue weighted by atomic mass is 32.1. The summed E-state index contributed by atoms with van der Waals surface area (Å²) in [4.78, 5) is 29.6. The maximum atomic E-state index is 12.5. The molecule has 0 unspecified atom stereocenters. The van der Waals surface area contributed by atoms with Gasteiger partial charge in [0.25, 0.3) is 5.91 Å². The average molecular weight is 357 g/mol. The summed E-state index contributed by atoms with van der Waals surface area (Å²) in [7, 11) is 2.07. The van der Waals surface area contributed by atoms with Gasteiger partial charge in [0.05, 0.1) is 6.42 Å². The number of likely N-dealkylation sites (N-methyl/N-ethyl adjacent to an activating group) is 1. The second-order valence-corrected chi connectivity index (χ2v) is 7.36. The lowest BCUT2D eigenvalue weighted by atomic mass is 10.1. The molecule has 0 atom stereocenters. The first kappa shape index (κ1) is 17.6. The molecule has 1 saturated heterocycles. The van der Waals surface area contributed by atoms with Crippen LogP contribution in [0, 0.1) is 0 Å². The van der Waals surface area contributed by atoms with Crippen LogP contribution in [-0.2, 0) is 17.8 Å². The van der Waals surface area contributed by atoms with Crippen LogP contribution in [0.4, 0.5) is 0 Å². The Hall–Kier alpha value is -2.18. The van der Waals surface area contributed by atoms with Crippen LogP contribution in [0.15, 0.2) is 41.8 Å². The SMILES string of the molecule is CN1CCN(C(=O)c2ccc(CNC(=O)Cc3cccs3)cc2)CC1. The summed E-state index contributed by atoms with van der Waals surface area (Å²) in [6.07, 6.45) is 0.414. The number of carbonyl (C=O) groups is 2. The molecule has 2 amide bonds. The van der Waals surface area contributed by atoms with E-state index in [1.54, 1.807) is 11.3 Å². The van der Waals surface area contributed by atoms with Gasteiger partial charge in [-0.15, -0.1) is 11.3 Å². The van der Waals surface area contributed by atoms with Crippen molar-refractivity contribution in [2.45, 2.75) is 13.0 Å². The quantitative estimate of drug-likeness (QED) is 0.890. The summed E-state index contributed by atoms with van der Waals surface area (Å²) in [6.45, 7) is 3.86. The molecule has 0 bridgehead atoms. The molecule has 3 rings (SSSR count). The van der Waals surface area contributed by atoms with Crippen LogP contribution in [0.1, 0.15) is 20.8 Å². The molecule has 25 heavy (non-hydrogen) atoms. The van der Waals surface area contributed by atoms with E-state index in [1.165, 1.54) is 0 Å². The second kappa shape index (κ2) is 8.27. The first-order valence-electron chi connectivity index (χ1n) is 8.47. The van der Waals surface area contributed by atoms with Gasteiger partial charge in [0.2, 0.25) is 5.91 Å². The van der Waals surface area contributed by atoms with E-state index in [-0.39, 0.29) is 11.8 Å². The predicted octanol–water partition coefficient (Wildman–Crippen LogP) is 1.99. The standard InChI is InChI=1S/C19H23N3O2S/c1-21-8-10-22(11-9-21)19(24)16-6-4-15(5-7-16)14-20-18(23)13-17-3-2-12-25-17/h2-7,12H,8-11,13-14H2,1H3,(H,20,23). The van der Waals surface area contributed by atoms with Gasteiger partial charge in [-0.25, -0.2) is 0 Å². The molecule has 1 aliphatic heterocycles. The van der Waals surface area contributed by atoms with Crippen molar-refractivity contribution in [3.05, 3.63) is 57.8 Å². The maximum Gasteiger partial charge on any atom is 0.253 e. The number of carbonyl (C=O) groups excluding carboxylic acids is 2. The lowest BCUT2D eigenvalue weighted by Gasteiger charge is -2.32. The van der Waals surface area contributed by atoms with Crippen LogP contribution in [0.2, 0.25) is 0 Å². The molecule has 1 aromatic carbocycles. The fraction of sp³-hybridized carbons (Fsp3) is 0.368. The van der Waals surface area contributed by atoms with Crippen molar-refractivity contribution < 1.29 is 9.59 Å². The van der Waals surface area contributed by atoms with E-state index in [0.717, 1.165) is 36.6 Å². The van der Waals surface area contributed by atoms with Crippen LogP contribution in [-0.4, -0.2) is 54.8 Å². The topological polar surface area (TPSA) is 52.6 Å². The lowest BCUT2D eigenvalue weighted by molar-refractivity contribution is -0.120. The zero-order chi connectivity index (χ0) is 17.6. The Morgan fingerprint density at radius 1 is 1.08 bits per heavy atom. The third kappa shape index (κ3) is 4.90. The van der Waals surface area contributed by atoms with Gasteiger partial charge < -0.3 is 15.1 Å². The molecule has 2 heterocycles. The van der Waals surface area contributed by atoms with Gasteiger partial charge in [0, 0.05) is 43.2 Å². The molecule has 1 aromatic heterocycles. The largest absolute Gasteiger partial charge is 0.352 e. The van der Waals surface area contributed by atoms with Gasteiger partial charge in [0.1, 0.15) is 0 Å². The normalized spacial score (nSPS) is 15.2. The molecule has 1 fully saturated rings. The van der Waals surface area contributed by atoms with Gasteiger partial charge in [-0.3, -0.25) is 9.59 Å². The molecular formula is C19H23N3O2S. The molecule has 0 radical (unpaired) electrons. The number of hydrogen-bond donors (Lipinski definition) is 1. The molecule has 0 saturated carbocycles. The van der Waals surface area contributed by atoms with Gasteiger partial charge in [-0.2, -0.15) is 0 Å². The minimum Gasteiger partial charge on any atom is -0.352 e. The summed E-state index contributed by atoms with van der Waals surface area (Å²) in [6, 6.07) is 11.4. The first-order valence-corrected chi connectivity index (χ1v) is 9.35. The number of rotatable bonds is 5. The second-order valence-electron chi connectivity index (χ2n) is 6.33. The Morgan fingerprint density at radius 3 is 2.44 bits per heavy atom. The van der Waals surface area contributed by atoms with Crippen molar-refractivity contribution in [3.8, 4) is 0 Å². The fourth-order valence-corrected chi connectivity index (χ4v) is 3.50. The van der Waals surface area contributed by atoms with Gasteiger partial charge in [0.15, 0.2) is 0 Å². The van der Waals surface area contributed by atoms with E-state index in [4.69, 9.17) is 0 Å². The molecule has 0 spiro atoms. The number of nitrogens with zero attached hydrogens (tertiary/aromatic N) is 2.